The number of rotatable bonds is 6. The van der Waals surface area contributed by atoms with Crippen molar-refractivity contribution in [1.29, 1.82) is 0 Å². The van der Waals surface area contributed by atoms with Crippen LogP contribution in [0.3, 0.4) is 0 Å². The quantitative estimate of drug-likeness (QED) is 0.637. The molecule has 146 valence electrons. The maximum atomic E-state index is 11.2. The summed E-state index contributed by atoms with van der Waals surface area (Å²) in [5, 5.41) is 0. The van der Waals surface area contributed by atoms with Gasteiger partial charge in [-0.15, -0.1) is 0 Å². The highest BCUT2D eigenvalue weighted by atomic mass is 16.5. The summed E-state index contributed by atoms with van der Waals surface area (Å²) in [7, 11) is 3.28. The summed E-state index contributed by atoms with van der Waals surface area (Å²) >= 11 is 0. The molecule has 0 bridgehead atoms. The Hall–Kier alpha value is -3.28. The van der Waals surface area contributed by atoms with Crippen LogP contribution in [0.2, 0.25) is 0 Å². The first-order valence-electron chi connectivity index (χ1n) is 9.14. The molecule has 0 saturated carbocycles. The van der Waals surface area contributed by atoms with Crippen molar-refractivity contribution in [2.45, 2.75) is 26.7 Å². The monoisotopic (exact) mass is 379 g/mol. The van der Waals surface area contributed by atoms with Crippen molar-refractivity contribution < 1.29 is 14.3 Å². The van der Waals surface area contributed by atoms with Gasteiger partial charge in [-0.2, -0.15) is 0 Å². The molecule has 0 saturated heterocycles. The fourth-order valence-corrected chi connectivity index (χ4v) is 3.16. The zero-order chi connectivity index (χ0) is 20.3. The van der Waals surface area contributed by atoms with Gasteiger partial charge in [0, 0.05) is 13.5 Å². The number of imidazole rings is 1. The number of hydrogen-bond donors (Lipinski definition) is 1. The Morgan fingerprint density at radius 2 is 1.96 bits per heavy atom. The number of esters is 1. The normalized spacial score (nSPS) is 11.3. The predicted octanol–water partition coefficient (Wildman–Crippen LogP) is 4.53. The molecular formula is C22H25N3O3. The maximum absolute atomic E-state index is 11.2. The smallest absolute Gasteiger partial charge is 0.305 e. The molecule has 28 heavy (non-hydrogen) atoms. The molecule has 0 aliphatic rings. The minimum atomic E-state index is -0.204. The Kier molecular flexibility index (Phi) is 5.68. The minimum absolute atomic E-state index is 0.204. The van der Waals surface area contributed by atoms with Crippen molar-refractivity contribution in [2.75, 3.05) is 12.8 Å². The Morgan fingerprint density at radius 1 is 1.25 bits per heavy atom. The summed E-state index contributed by atoms with van der Waals surface area (Å²) in [5.41, 5.74) is 10.7. The van der Waals surface area contributed by atoms with Crippen molar-refractivity contribution in [3.05, 3.63) is 53.1 Å². The molecule has 0 radical (unpaired) electrons. The number of nitrogens with zero attached hydrogens (tertiary/aromatic N) is 2. The van der Waals surface area contributed by atoms with E-state index in [0.717, 1.165) is 33.5 Å². The molecule has 0 spiro atoms. The molecular weight excluding hydrogens is 354 g/mol. The van der Waals surface area contributed by atoms with Gasteiger partial charge in [0.05, 0.1) is 12.6 Å². The van der Waals surface area contributed by atoms with E-state index in [-0.39, 0.29) is 5.97 Å². The molecule has 3 rings (SSSR count). The molecule has 1 aromatic heterocycles. The molecule has 2 aromatic carbocycles. The highest BCUT2D eigenvalue weighted by Gasteiger charge is 2.13. The number of methoxy groups -OCH3 is 1. The van der Waals surface area contributed by atoms with Crippen LogP contribution in [0.5, 0.6) is 11.5 Å². The first-order valence-corrected chi connectivity index (χ1v) is 9.14. The van der Waals surface area contributed by atoms with Crippen molar-refractivity contribution in [3.8, 4) is 11.5 Å². The van der Waals surface area contributed by atoms with Crippen molar-refractivity contribution in [3.63, 3.8) is 0 Å². The molecule has 0 aliphatic heterocycles. The fourth-order valence-electron chi connectivity index (χ4n) is 3.16. The first kappa shape index (κ1) is 19.5. The van der Waals surface area contributed by atoms with Gasteiger partial charge in [-0.1, -0.05) is 18.2 Å². The zero-order valence-corrected chi connectivity index (χ0v) is 16.7. The van der Waals surface area contributed by atoms with E-state index < -0.39 is 0 Å². The van der Waals surface area contributed by atoms with Gasteiger partial charge in [-0.25, -0.2) is 4.98 Å². The van der Waals surface area contributed by atoms with Crippen LogP contribution < -0.4 is 10.5 Å². The minimum Gasteiger partial charge on any atom is -0.469 e. The van der Waals surface area contributed by atoms with Gasteiger partial charge in [0.25, 0.3) is 0 Å². The number of benzene rings is 2. The van der Waals surface area contributed by atoms with E-state index in [1.54, 1.807) is 0 Å². The van der Waals surface area contributed by atoms with Gasteiger partial charge in [-0.3, -0.25) is 4.79 Å². The summed E-state index contributed by atoms with van der Waals surface area (Å²) in [4.78, 5) is 15.6. The number of nitrogen functional groups attached to an aromatic ring is 1. The van der Waals surface area contributed by atoms with E-state index in [1.807, 2.05) is 55.8 Å². The second-order valence-electron chi connectivity index (χ2n) is 6.76. The average molecular weight is 379 g/mol. The lowest BCUT2D eigenvalue weighted by atomic mass is 10.0. The molecule has 0 amide bonds. The van der Waals surface area contributed by atoms with Gasteiger partial charge < -0.3 is 19.8 Å². The van der Waals surface area contributed by atoms with Crippen LogP contribution in [0, 0.1) is 13.8 Å². The summed E-state index contributed by atoms with van der Waals surface area (Å²) in [6.07, 6.45) is 5.01. The highest BCUT2D eigenvalue weighted by molar-refractivity contribution is 5.84. The second kappa shape index (κ2) is 8.17. The summed E-state index contributed by atoms with van der Waals surface area (Å²) in [6, 6.07) is 9.91. The maximum Gasteiger partial charge on any atom is 0.305 e. The number of allylic oxidation sites excluding steroid dienone is 1. The molecule has 0 aliphatic carbocycles. The molecule has 2 N–H and O–H groups in total. The predicted molar refractivity (Wildman–Crippen MR) is 111 cm³/mol. The van der Waals surface area contributed by atoms with Crippen LogP contribution in [0.25, 0.3) is 17.1 Å². The third-order valence-corrected chi connectivity index (χ3v) is 4.66. The van der Waals surface area contributed by atoms with Crippen molar-refractivity contribution in [1.82, 2.24) is 9.55 Å². The molecule has 6 heteroatoms. The number of fused-ring (bicyclic) bond motifs is 1. The lowest BCUT2D eigenvalue weighted by Crippen LogP contribution is -1.98. The Balaban J connectivity index is 1.83. The fraction of sp³-hybridized carbons (Fsp3) is 0.273. The Bertz CT molecular complexity index is 1030. The second-order valence-corrected chi connectivity index (χ2v) is 6.76. The van der Waals surface area contributed by atoms with Gasteiger partial charge in [-0.05, 0) is 61.2 Å². The SMILES string of the molecule is COC(=O)CC/C=C/c1cc(C)c(Oc2cccc3c2nc(N)n3C)c(C)c1. The molecule has 1 heterocycles. The molecule has 6 nitrogen and oxygen atoms in total. The number of aromatic nitrogens is 2. The number of ether oxygens (including phenoxy) is 2. The van der Waals surface area contributed by atoms with E-state index >= 15 is 0 Å². The number of carbonyl (C=O) groups is 1. The zero-order valence-electron chi connectivity index (χ0n) is 16.7. The van der Waals surface area contributed by atoms with Crippen LogP contribution in [-0.4, -0.2) is 22.6 Å². The van der Waals surface area contributed by atoms with Crippen LogP contribution >= 0.6 is 0 Å². The van der Waals surface area contributed by atoms with E-state index in [9.17, 15) is 4.79 Å². The lowest BCUT2D eigenvalue weighted by molar-refractivity contribution is -0.140. The summed E-state index contributed by atoms with van der Waals surface area (Å²) < 4.78 is 12.7. The molecule has 3 aromatic rings. The average Bonchev–Trinajstić information content (AvgIpc) is 2.96. The van der Waals surface area contributed by atoms with Crippen LogP contribution in [-0.2, 0) is 16.6 Å². The number of carbonyl (C=O) groups excluding carboxylic acids is 1. The summed E-state index contributed by atoms with van der Waals surface area (Å²) in [5.74, 6) is 1.73. The standard InChI is InChI=1S/C22H25N3O3/c1-14-12-16(8-5-6-11-19(26)27-4)13-15(2)21(14)28-18-10-7-9-17-20(18)24-22(23)25(17)3/h5,7-10,12-13H,6,11H2,1-4H3,(H2,23,24)/b8-5+. The third-order valence-electron chi connectivity index (χ3n) is 4.66. The Morgan fingerprint density at radius 3 is 2.64 bits per heavy atom. The number of aryl methyl sites for hydroxylation is 3. The van der Waals surface area contributed by atoms with Crippen LogP contribution in [0.4, 0.5) is 5.95 Å². The largest absolute Gasteiger partial charge is 0.469 e. The third kappa shape index (κ3) is 4.01. The van der Waals surface area contributed by atoms with Crippen molar-refractivity contribution in [2.24, 2.45) is 7.05 Å². The van der Waals surface area contributed by atoms with E-state index in [4.69, 9.17) is 10.5 Å². The number of hydrogen-bond acceptors (Lipinski definition) is 5. The molecule has 0 atom stereocenters. The van der Waals surface area contributed by atoms with E-state index in [2.05, 4.69) is 21.9 Å². The van der Waals surface area contributed by atoms with Gasteiger partial charge in [0.15, 0.2) is 5.75 Å². The van der Waals surface area contributed by atoms with Crippen LogP contribution in [0.1, 0.15) is 29.5 Å². The summed E-state index contributed by atoms with van der Waals surface area (Å²) in [6.45, 7) is 4.03. The first-order chi connectivity index (χ1) is 13.4. The van der Waals surface area contributed by atoms with Gasteiger partial charge in [0.1, 0.15) is 11.3 Å². The van der Waals surface area contributed by atoms with E-state index in [1.165, 1.54) is 7.11 Å². The molecule has 0 fully saturated rings. The number of anilines is 1. The van der Waals surface area contributed by atoms with Gasteiger partial charge >= 0.3 is 5.97 Å². The molecule has 0 unspecified atom stereocenters. The van der Waals surface area contributed by atoms with E-state index in [0.29, 0.717) is 24.5 Å². The number of nitrogens with two attached hydrogens (primary N) is 1. The topological polar surface area (TPSA) is 79.4 Å². The highest BCUT2D eigenvalue weighted by Crippen LogP contribution is 2.34. The lowest BCUT2D eigenvalue weighted by Gasteiger charge is -2.13. The van der Waals surface area contributed by atoms with Crippen molar-refractivity contribution >= 4 is 29.0 Å². The van der Waals surface area contributed by atoms with Crippen LogP contribution in [0.15, 0.2) is 36.4 Å². The Labute approximate surface area is 164 Å². The van der Waals surface area contributed by atoms with Gasteiger partial charge in [0.2, 0.25) is 5.95 Å². The number of para-hydroxylation sites is 1.